The summed E-state index contributed by atoms with van der Waals surface area (Å²) in [5.74, 6) is 1.54. The average molecular weight is 267 g/mol. The molecule has 2 aromatic rings. The van der Waals surface area contributed by atoms with Crippen molar-refractivity contribution in [2.75, 3.05) is 11.9 Å². The summed E-state index contributed by atoms with van der Waals surface area (Å²) in [7, 11) is 0. The van der Waals surface area contributed by atoms with E-state index >= 15 is 0 Å². The Kier molecular flexibility index (Phi) is 4.96. The zero-order valence-electron chi connectivity index (χ0n) is 11.5. The van der Waals surface area contributed by atoms with E-state index in [2.05, 4.69) is 23.3 Å². The monoisotopic (exact) mass is 267 g/mol. The Bertz CT molecular complexity index is 605. The minimum atomic E-state index is 0.385. The summed E-state index contributed by atoms with van der Waals surface area (Å²) in [6.07, 6.45) is 1.06. The quantitative estimate of drug-likeness (QED) is 0.872. The molecule has 2 rings (SSSR count). The van der Waals surface area contributed by atoms with E-state index in [1.807, 2.05) is 24.3 Å². The Hall–Kier alpha value is -2.54. The van der Waals surface area contributed by atoms with Crippen LogP contribution in [0.25, 0.3) is 0 Å². The number of nitrogens with one attached hydrogen (secondary N) is 1. The van der Waals surface area contributed by atoms with E-state index in [1.54, 1.807) is 18.2 Å². The summed E-state index contributed by atoms with van der Waals surface area (Å²) in [6.45, 7) is 3.40. The Labute approximate surface area is 119 Å². The summed E-state index contributed by atoms with van der Waals surface area (Å²) in [4.78, 5) is 4.47. The normalized spacial score (nSPS) is 9.80. The Morgan fingerprint density at radius 2 is 2.10 bits per heavy atom. The molecule has 0 aliphatic rings. The number of pyridine rings is 1. The molecule has 4 heteroatoms. The molecule has 0 saturated heterocycles. The van der Waals surface area contributed by atoms with Crippen molar-refractivity contribution in [1.29, 1.82) is 5.26 Å². The highest BCUT2D eigenvalue weighted by Gasteiger charge is 2.00. The number of aromatic nitrogens is 1. The second kappa shape index (κ2) is 7.15. The minimum Gasteiger partial charge on any atom is -0.487 e. The van der Waals surface area contributed by atoms with Crippen LogP contribution in [0.4, 0.5) is 5.82 Å². The van der Waals surface area contributed by atoms with Crippen LogP contribution in [0, 0.1) is 11.3 Å². The Morgan fingerprint density at radius 3 is 2.90 bits per heavy atom. The van der Waals surface area contributed by atoms with Gasteiger partial charge in [-0.3, -0.25) is 0 Å². The van der Waals surface area contributed by atoms with Crippen LogP contribution in [-0.2, 0) is 6.61 Å². The first kappa shape index (κ1) is 13.9. The van der Waals surface area contributed by atoms with Gasteiger partial charge in [0.05, 0.1) is 17.3 Å². The smallest absolute Gasteiger partial charge is 0.130 e. The first-order chi connectivity index (χ1) is 9.81. The molecular weight excluding hydrogens is 250 g/mol. The molecule has 0 fully saturated rings. The number of nitriles is 1. The van der Waals surface area contributed by atoms with Crippen molar-refractivity contribution < 1.29 is 4.74 Å². The van der Waals surface area contributed by atoms with Gasteiger partial charge in [-0.25, -0.2) is 4.98 Å². The van der Waals surface area contributed by atoms with E-state index < -0.39 is 0 Å². The van der Waals surface area contributed by atoms with E-state index in [0.717, 1.165) is 24.5 Å². The summed E-state index contributed by atoms with van der Waals surface area (Å²) in [5.41, 5.74) is 1.45. The van der Waals surface area contributed by atoms with Gasteiger partial charge in [0.2, 0.25) is 0 Å². The zero-order chi connectivity index (χ0) is 14.2. The van der Waals surface area contributed by atoms with Gasteiger partial charge >= 0.3 is 0 Å². The number of benzene rings is 1. The van der Waals surface area contributed by atoms with Crippen LogP contribution in [0.1, 0.15) is 24.6 Å². The lowest BCUT2D eigenvalue weighted by Gasteiger charge is -2.08. The van der Waals surface area contributed by atoms with Crippen LogP contribution in [0.5, 0.6) is 5.75 Å². The van der Waals surface area contributed by atoms with Crippen LogP contribution in [0.15, 0.2) is 42.5 Å². The second-order valence-corrected chi connectivity index (χ2v) is 4.37. The first-order valence-corrected chi connectivity index (χ1v) is 6.64. The summed E-state index contributed by atoms with van der Waals surface area (Å²) >= 11 is 0. The predicted molar refractivity (Wildman–Crippen MR) is 78.5 cm³/mol. The number of anilines is 1. The van der Waals surface area contributed by atoms with Gasteiger partial charge in [0.25, 0.3) is 0 Å². The topological polar surface area (TPSA) is 57.9 Å². The van der Waals surface area contributed by atoms with Gasteiger partial charge < -0.3 is 10.1 Å². The largest absolute Gasteiger partial charge is 0.487 e. The number of hydrogen-bond donors (Lipinski definition) is 1. The first-order valence-electron chi connectivity index (χ1n) is 6.64. The standard InChI is InChI=1S/C16H17N3O/c1-2-9-18-16-8-4-6-14(19-16)12-20-15-7-3-5-13(10-15)11-17/h3-8,10H,2,9,12H2,1H3,(H,18,19). The van der Waals surface area contributed by atoms with E-state index in [4.69, 9.17) is 10.00 Å². The maximum Gasteiger partial charge on any atom is 0.130 e. The maximum absolute atomic E-state index is 8.84. The molecular formula is C16H17N3O. The molecule has 1 N–H and O–H groups in total. The molecule has 0 aliphatic carbocycles. The molecule has 0 bridgehead atoms. The number of ether oxygens (including phenoxy) is 1. The van der Waals surface area contributed by atoms with Gasteiger partial charge in [-0.1, -0.05) is 19.1 Å². The van der Waals surface area contributed by atoms with Crippen molar-refractivity contribution in [2.24, 2.45) is 0 Å². The molecule has 102 valence electrons. The second-order valence-electron chi connectivity index (χ2n) is 4.37. The van der Waals surface area contributed by atoms with Crippen LogP contribution < -0.4 is 10.1 Å². The van der Waals surface area contributed by atoms with Gasteiger partial charge in [-0.05, 0) is 36.8 Å². The predicted octanol–water partition coefficient (Wildman–Crippen LogP) is 3.35. The van der Waals surface area contributed by atoms with Crippen LogP contribution in [-0.4, -0.2) is 11.5 Å². The molecule has 0 unspecified atom stereocenters. The fourth-order valence-electron chi connectivity index (χ4n) is 1.72. The van der Waals surface area contributed by atoms with Crippen LogP contribution >= 0.6 is 0 Å². The molecule has 20 heavy (non-hydrogen) atoms. The molecule has 0 amide bonds. The van der Waals surface area contributed by atoms with Crippen LogP contribution in [0.2, 0.25) is 0 Å². The molecule has 1 aromatic carbocycles. The summed E-state index contributed by atoms with van der Waals surface area (Å²) in [5, 5.41) is 12.1. The lowest BCUT2D eigenvalue weighted by atomic mass is 10.2. The van der Waals surface area contributed by atoms with Gasteiger partial charge in [-0.2, -0.15) is 5.26 Å². The molecule has 0 saturated carbocycles. The molecule has 4 nitrogen and oxygen atoms in total. The number of nitrogens with zero attached hydrogens (tertiary/aromatic N) is 2. The molecule has 1 heterocycles. The van der Waals surface area contributed by atoms with Gasteiger partial charge in [0.1, 0.15) is 18.2 Å². The van der Waals surface area contributed by atoms with Gasteiger partial charge in [0, 0.05) is 6.54 Å². The Morgan fingerprint density at radius 1 is 1.25 bits per heavy atom. The fraction of sp³-hybridized carbons (Fsp3) is 0.250. The van der Waals surface area contributed by atoms with Crippen molar-refractivity contribution in [1.82, 2.24) is 4.98 Å². The third-order valence-corrected chi connectivity index (χ3v) is 2.71. The highest BCUT2D eigenvalue weighted by molar-refractivity contribution is 5.37. The van der Waals surface area contributed by atoms with Gasteiger partial charge in [0.15, 0.2) is 0 Å². The number of rotatable bonds is 6. The third-order valence-electron chi connectivity index (χ3n) is 2.71. The van der Waals surface area contributed by atoms with Crippen molar-refractivity contribution in [3.8, 4) is 11.8 Å². The average Bonchev–Trinajstić information content (AvgIpc) is 2.51. The fourth-order valence-corrected chi connectivity index (χ4v) is 1.72. The minimum absolute atomic E-state index is 0.385. The summed E-state index contributed by atoms with van der Waals surface area (Å²) < 4.78 is 5.65. The van der Waals surface area contributed by atoms with E-state index in [-0.39, 0.29) is 0 Å². The van der Waals surface area contributed by atoms with Crippen molar-refractivity contribution in [2.45, 2.75) is 20.0 Å². The Balaban J connectivity index is 1.98. The molecule has 0 radical (unpaired) electrons. The maximum atomic E-state index is 8.84. The third kappa shape index (κ3) is 3.99. The zero-order valence-corrected chi connectivity index (χ0v) is 11.5. The van der Waals surface area contributed by atoms with Crippen LogP contribution in [0.3, 0.4) is 0 Å². The van der Waals surface area contributed by atoms with Crippen molar-refractivity contribution in [3.05, 3.63) is 53.7 Å². The SMILES string of the molecule is CCCNc1cccc(COc2cccc(C#N)c2)n1. The van der Waals surface area contributed by atoms with Gasteiger partial charge in [-0.15, -0.1) is 0 Å². The summed E-state index contributed by atoms with van der Waals surface area (Å²) in [6, 6.07) is 15.0. The highest BCUT2D eigenvalue weighted by atomic mass is 16.5. The van der Waals surface area contributed by atoms with E-state index in [0.29, 0.717) is 17.9 Å². The van der Waals surface area contributed by atoms with Crippen molar-refractivity contribution >= 4 is 5.82 Å². The van der Waals surface area contributed by atoms with E-state index in [1.165, 1.54) is 0 Å². The highest BCUT2D eigenvalue weighted by Crippen LogP contribution is 2.14. The number of hydrogen-bond acceptors (Lipinski definition) is 4. The lowest BCUT2D eigenvalue weighted by molar-refractivity contribution is 0.301. The molecule has 1 aromatic heterocycles. The molecule has 0 spiro atoms. The molecule has 0 aliphatic heterocycles. The lowest BCUT2D eigenvalue weighted by Crippen LogP contribution is -2.04. The van der Waals surface area contributed by atoms with Crippen molar-refractivity contribution in [3.63, 3.8) is 0 Å². The van der Waals surface area contributed by atoms with E-state index in [9.17, 15) is 0 Å². The molecule has 0 atom stereocenters.